The molecule has 0 rings (SSSR count). The molecule has 0 amide bonds. The second-order valence-electron chi connectivity index (χ2n) is 6.68. The molecule has 0 radical (unpaired) electrons. The number of Topliss-reactive ketones (excluding diaryl/α,β-unsaturated/α-hetero) is 1. The number of rotatable bonds is 8. The van der Waals surface area contributed by atoms with Crippen molar-refractivity contribution in [2.75, 3.05) is 6.61 Å². The van der Waals surface area contributed by atoms with Crippen LogP contribution in [0.25, 0.3) is 0 Å². The summed E-state index contributed by atoms with van der Waals surface area (Å²) in [5.74, 6) is -0.857. The van der Waals surface area contributed by atoms with Gasteiger partial charge in [0.05, 0.1) is 14.7 Å². The lowest BCUT2D eigenvalue weighted by atomic mass is 9.84. The van der Waals surface area contributed by atoms with Crippen LogP contribution < -0.4 is 0 Å². The zero-order chi connectivity index (χ0) is 16.0. The molecule has 0 heterocycles. The average molecular weight is 301 g/mol. The number of esters is 1. The Labute approximate surface area is 125 Å². The second-order valence-corrected chi connectivity index (χ2v) is 12.2. The van der Waals surface area contributed by atoms with Crippen molar-refractivity contribution in [3.63, 3.8) is 0 Å². The molecule has 118 valence electrons. The van der Waals surface area contributed by atoms with Crippen LogP contribution in [0.3, 0.4) is 0 Å². The van der Waals surface area contributed by atoms with Crippen LogP contribution in [0.4, 0.5) is 0 Å². The van der Waals surface area contributed by atoms with E-state index in [1.165, 1.54) is 0 Å². The predicted molar refractivity (Wildman–Crippen MR) is 86.6 cm³/mol. The quantitative estimate of drug-likeness (QED) is 0.381. The first-order chi connectivity index (χ1) is 9.17. The Kier molecular flexibility index (Phi) is 7.70. The van der Waals surface area contributed by atoms with Crippen LogP contribution in [0.15, 0.2) is 0 Å². The zero-order valence-corrected chi connectivity index (χ0v) is 15.3. The minimum Gasteiger partial charge on any atom is -0.465 e. The molecule has 0 spiro atoms. The van der Waals surface area contributed by atoms with Crippen LogP contribution in [0.5, 0.6) is 0 Å². The van der Waals surface area contributed by atoms with E-state index in [-0.39, 0.29) is 11.8 Å². The Balaban J connectivity index is 5.33. The van der Waals surface area contributed by atoms with Gasteiger partial charge >= 0.3 is 5.97 Å². The van der Waals surface area contributed by atoms with Crippen LogP contribution in [0.1, 0.15) is 48.5 Å². The van der Waals surface area contributed by atoms with E-state index in [1.807, 2.05) is 20.8 Å². The van der Waals surface area contributed by atoms with Gasteiger partial charge in [0.15, 0.2) is 5.78 Å². The Hall–Kier alpha value is -0.643. The third-order valence-electron chi connectivity index (χ3n) is 4.51. The van der Waals surface area contributed by atoms with E-state index < -0.39 is 19.4 Å². The molecule has 20 heavy (non-hydrogen) atoms. The Morgan fingerprint density at radius 2 is 1.45 bits per heavy atom. The molecule has 0 aliphatic rings. The van der Waals surface area contributed by atoms with Crippen LogP contribution in [-0.2, 0) is 14.3 Å². The number of ether oxygens (including phenoxy) is 1. The van der Waals surface area contributed by atoms with Crippen LogP contribution in [0.2, 0.25) is 24.2 Å². The molecule has 0 saturated carbocycles. The van der Waals surface area contributed by atoms with Gasteiger partial charge in [-0.1, -0.05) is 59.7 Å². The molecular formula is C16H32O3Si. The van der Waals surface area contributed by atoms with Gasteiger partial charge in [-0.25, -0.2) is 0 Å². The first-order valence-corrected chi connectivity index (χ1v) is 10.7. The average Bonchev–Trinajstić information content (AvgIpc) is 2.39. The van der Waals surface area contributed by atoms with Gasteiger partial charge in [0.2, 0.25) is 0 Å². The summed E-state index contributed by atoms with van der Waals surface area (Å²) in [5.41, 5.74) is -0.493. The molecule has 0 aromatic carbocycles. The fourth-order valence-corrected chi connectivity index (χ4v) is 6.25. The fraction of sp³-hybridized carbons (Fsp3) is 0.875. The van der Waals surface area contributed by atoms with Crippen molar-refractivity contribution in [3.05, 3.63) is 0 Å². The molecule has 1 unspecified atom stereocenters. The van der Waals surface area contributed by atoms with E-state index in [0.29, 0.717) is 6.61 Å². The van der Waals surface area contributed by atoms with Crippen molar-refractivity contribution in [1.82, 2.24) is 0 Å². The minimum absolute atomic E-state index is 0.0307. The van der Waals surface area contributed by atoms with E-state index in [4.69, 9.17) is 4.74 Å². The first kappa shape index (κ1) is 19.4. The minimum atomic E-state index is -1.54. The summed E-state index contributed by atoms with van der Waals surface area (Å²) in [4.78, 5) is 24.9. The largest absolute Gasteiger partial charge is 0.465 e. The van der Waals surface area contributed by atoms with Crippen molar-refractivity contribution >= 4 is 19.8 Å². The van der Waals surface area contributed by atoms with E-state index in [9.17, 15) is 9.59 Å². The summed E-state index contributed by atoms with van der Waals surface area (Å²) < 4.78 is 5.16. The Morgan fingerprint density at radius 1 is 1.00 bits per heavy atom. The van der Waals surface area contributed by atoms with Gasteiger partial charge in [-0.15, -0.1) is 0 Å². The Bertz CT molecular complexity index is 319. The topological polar surface area (TPSA) is 43.4 Å². The number of carbonyl (C=O) groups is 2. The normalized spacial score (nSPS) is 13.9. The highest BCUT2D eigenvalue weighted by Crippen LogP contribution is 2.33. The highest BCUT2D eigenvalue weighted by atomic mass is 28.3. The standard InChI is InChI=1S/C16H32O3Si/c1-8-19-15(18)13(14(17)16(5,6)7)12-20(9-2,10-3)11-4/h13H,8-12H2,1-7H3. The molecule has 1 atom stereocenters. The molecule has 0 saturated heterocycles. The van der Waals surface area contributed by atoms with Crippen molar-refractivity contribution in [2.24, 2.45) is 11.3 Å². The lowest BCUT2D eigenvalue weighted by molar-refractivity contribution is -0.153. The smallest absolute Gasteiger partial charge is 0.316 e. The van der Waals surface area contributed by atoms with Crippen LogP contribution >= 0.6 is 0 Å². The Morgan fingerprint density at radius 3 is 1.75 bits per heavy atom. The number of ketones is 1. The van der Waals surface area contributed by atoms with Crippen molar-refractivity contribution in [1.29, 1.82) is 0 Å². The van der Waals surface area contributed by atoms with Gasteiger partial charge in [0.1, 0.15) is 5.92 Å². The van der Waals surface area contributed by atoms with Gasteiger partial charge in [0.25, 0.3) is 0 Å². The van der Waals surface area contributed by atoms with E-state index in [1.54, 1.807) is 6.92 Å². The third kappa shape index (κ3) is 5.04. The molecule has 0 aromatic rings. The van der Waals surface area contributed by atoms with Gasteiger partial charge in [-0.3, -0.25) is 9.59 Å². The summed E-state index contributed by atoms with van der Waals surface area (Å²) in [5, 5.41) is 0. The molecule has 4 heteroatoms. The molecule has 0 aliphatic carbocycles. The van der Waals surface area contributed by atoms with Crippen LogP contribution in [0, 0.1) is 11.3 Å². The molecule has 0 aromatic heterocycles. The lowest BCUT2D eigenvalue weighted by Gasteiger charge is -2.33. The van der Waals surface area contributed by atoms with Gasteiger partial charge < -0.3 is 4.74 Å². The summed E-state index contributed by atoms with van der Waals surface area (Å²) >= 11 is 0. The maximum Gasteiger partial charge on any atom is 0.316 e. The molecule has 0 aliphatic heterocycles. The van der Waals surface area contributed by atoms with E-state index in [0.717, 1.165) is 24.2 Å². The zero-order valence-electron chi connectivity index (χ0n) is 14.3. The van der Waals surface area contributed by atoms with E-state index >= 15 is 0 Å². The maximum atomic E-state index is 12.6. The van der Waals surface area contributed by atoms with Crippen molar-refractivity contribution in [2.45, 2.75) is 72.6 Å². The molecular weight excluding hydrogens is 268 g/mol. The number of hydrogen-bond acceptors (Lipinski definition) is 3. The molecule has 3 nitrogen and oxygen atoms in total. The molecule has 0 N–H and O–H groups in total. The van der Waals surface area contributed by atoms with Gasteiger partial charge in [-0.05, 0) is 13.0 Å². The van der Waals surface area contributed by atoms with Crippen LogP contribution in [-0.4, -0.2) is 26.4 Å². The lowest BCUT2D eigenvalue weighted by Crippen LogP contribution is -2.42. The third-order valence-corrected chi connectivity index (χ3v) is 10.3. The van der Waals surface area contributed by atoms with Crippen molar-refractivity contribution in [3.8, 4) is 0 Å². The van der Waals surface area contributed by atoms with Gasteiger partial charge in [-0.2, -0.15) is 0 Å². The predicted octanol–water partition coefficient (Wildman–Crippen LogP) is 4.29. The summed E-state index contributed by atoms with van der Waals surface area (Å²) in [7, 11) is -1.54. The van der Waals surface area contributed by atoms with Crippen molar-refractivity contribution < 1.29 is 14.3 Å². The highest BCUT2D eigenvalue weighted by molar-refractivity contribution is 6.80. The fourth-order valence-electron chi connectivity index (χ4n) is 2.66. The number of carbonyl (C=O) groups excluding carboxylic acids is 2. The second kappa shape index (κ2) is 7.96. The SMILES string of the molecule is CCOC(=O)C(C[Si](CC)(CC)CC)C(=O)C(C)(C)C. The van der Waals surface area contributed by atoms with E-state index in [2.05, 4.69) is 20.8 Å². The van der Waals surface area contributed by atoms with Gasteiger partial charge in [0, 0.05) is 5.41 Å². The first-order valence-electron chi connectivity index (χ1n) is 7.88. The number of hydrogen-bond donors (Lipinski definition) is 0. The summed E-state index contributed by atoms with van der Waals surface area (Å²) in [6, 6.07) is 4.10. The maximum absolute atomic E-state index is 12.6. The highest BCUT2D eigenvalue weighted by Gasteiger charge is 2.41. The molecule has 0 fully saturated rings. The molecule has 0 bridgehead atoms. The monoisotopic (exact) mass is 300 g/mol. The summed E-state index contributed by atoms with van der Waals surface area (Å²) in [6.07, 6.45) is 0. The summed E-state index contributed by atoms with van der Waals surface area (Å²) in [6.45, 7) is 14.4.